The zero-order valence-electron chi connectivity index (χ0n) is 9.69. The molecule has 0 aromatic carbocycles. The highest BCUT2D eigenvalue weighted by atomic mass is 32.2. The molecule has 2 heterocycles. The van der Waals surface area contributed by atoms with Gasteiger partial charge in [0.05, 0.1) is 5.88 Å². The van der Waals surface area contributed by atoms with Crippen LogP contribution in [0.5, 0.6) is 0 Å². The summed E-state index contributed by atoms with van der Waals surface area (Å²) in [5.74, 6) is 1.93. The quantitative estimate of drug-likeness (QED) is 0.737. The first-order valence-corrected chi connectivity index (χ1v) is 7.49. The number of nitrogens with one attached hydrogen (secondary N) is 1. The molecule has 0 radical (unpaired) electrons. The van der Waals surface area contributed by atoms with Gasteiger partial charge in [-0.2, -0.15) is 0 Å². The van der Waals surface area contributed by atoms with E-state index in [2.05, 4.69) is 10.2 Å². The molecule has 1 N–H and O–H groups in total. The summed E-state index contributed by atoms with van der Waals surface area (Å²) in [4.78, 5) is 2.06. The lowest BCUT2D eigenvalue weighted by Crippen LogP contribution is -2.40. The van der Waals surface area contributed by atoms with Crippen molar-refractivity contribution >= 4 is 11.1 Å². The van der Waals surface area contributed by atoms with Crippen LogP contribution in [0.3, 0.4) is 0 Å². The molecule has 2 aliphatic rings. The first kappa shape index (κ1) is 12.5. The Morgan fingerprint density at radius 3 is 2.25 bits per heavy atom. The SMILES string of the molecule is O=S([O-])CN1CCC(C2CCNCC2)CC1. The third kappa shape index (κ3) is 3.52. The second-order valence-electron chi connectivity index (χ2n) is 4.98. The van der Waals surface area contributed by atoms with E-state index in [1.54, 1.807) is 0 Å². The van der Waals surface area contributed by atoms with Crippen LogP contribution in [-0.4, -0.2) is 45.7 Å². The number of rotatable bonds is 3. The van der Waals surface area contributed by atoms with Crippen molar-refractivity contribution in [2.75, 3.05) is 32.1 Å². The molecule has 0 amide bonds. The molecule has 0 aliphatic carbocycles. The van der Waals surface area contributed by atoms with Crippen molar-refractivity contribution < 1.29 is 8.76 Å². The minimum absolute atomic E-state index is 0.221. The monoisotopic (exact) mass is 245 g/mol. The molecule has 2 saturated heterocycles. The van der Waals surface area contributed by atoms with Crippen molar-refractivity contribution in [3.05, 3.63) is 0 Å². The van der Waals surface area contributed by atoms with Gasteiger partial charge in [0.25, 0.3) is 0 Å². The summed E-state index contributed by atoms with van der Waals surface area (Å²) in [5, 5.41) is 3.40. The Kier molecular flexibility index (Phi) is 4.76. The van der Waals surface area contributed by atoms with Crippen molar-refractivity contribution in [1.29, 1.82) is 0 Å². The fraction of sp³-hybridized carbons (Fsp3) is 1.00. The number of piperidine rings is 2. The van der Waals surface area contributed by atoms with Gasteiger partial charge >= 0.3 is 0 Å². The molecule has 2 fully saturated rings. The predicted octanol–water partition coefficient (Wildman–Crippen LogP) is 0.535. The van der Waals surface area contributed by atoms with Gasteiger partial charge in [0.2, 0.25) is 0 Å². The summed E-state index contributed by atoms with van der Waals surface area (Å²) >= 11 is -1.91. The first-order chi connectivity index (χ1) is 7.75. The van der Waals surface area contributed by atoms with Crippen LogP contribution >= 0.6 is 0 Å². The summed E-state index contributed by atoms with van der Waals surface area (Å²) < 4.78 is 21.2. The van der Waals surface area contributed by atoms with E-state index in [1.807, 2.05) is 0 Å². The largest absolute Gasteiger partial charge is 0.771 e. The standard InChI is InChI=1S/C11H22N2O2S/c14-16(15)9-13-7-3-11(4-8-13)10-1-5-12-6-2-10/h10-12H,1-9H2,(H,14,15)/p-1. The predicted molar refractivity (Wildman–Crippen MR) is 63.7 cm³/mol. The lowest BCUT2D eigenvalue weighted by molar-refractivity contribution is 0.143. The molecule has 2 aliphatic heterocycles. The number of hydrogen-bond acceptors (Lipinski definition) is 4. The van der Waals surface area contributed by atoms with Crippen LogP contribution in [0, 0.1) is 11.8 Å². The Morgan fingerprint density at radius 1 is 1.12 bits per heavy atom. The zero-order valence-corrected chi connectivity index (χ0v) is 10.5. The van der Waals surface area contributed by atoms with E-state index in [1.165, 1.54) is 25.7 Å². The Balaban J connectivity index is 1.73. The van der Waals surface area contributed by atoms with E-state index >= 15 is 0 Å². The molecule has 5 heteroatoms. The Morgan fingerprint density at radius 2 is 1.69 bits per heavy atom. The van der Waals surface area contributed by atoms with Crippen LogP contribution in [0.25, 0.3) is 0 Å². The minimum Gasteiger partial charge on any atom is -0.771 e. The normalized spacial score (nSPS) is 28.1. The smallest absolute Gasteiger partial charge is 0.0613 e. The van der Waals surface area contributed by atoms with E-state index in [0.717, 1.165) is 38.0 Å². The first-order valence-electron chi connectivity index (χ1n) is 6.24. The second kappa shape index (κ2) is 6.10. The second-order valence-corrected chi connectivity index (χ2v) is 5.84. The topological polar surface area (TPSA) is 55.4 Å². The van der Waals surface area contributed by atoms with E-state index in [4.69, 9.17) is 0 Å². The molecule has 16 heavy (non-hydrogen) atoms. The molecular formula is C11H21N2O2S-. The Bertz CT molecular complexity index is 236. The molecule has 0 aromatic heterocycles. The van der Waals surface area contributed by atoms with Gasteiger partial charge in [-0.05, 0) is 74.8 Å². The Labute approximate surface area is 100 Å². The molecule has 0 saturated carbocycles. The van der Waals surface area contributed by atoms with E-state index in [0.29, 0.717) is 0 Å². The number of hydrogen-bond donors (Lipinski definition) is 1. The van der Waals surface area contributed by atoms with Crippen LogP contribution in [0.15, 0.2) is 0 Å². The van der Waals surface area contributed by atoms with E-state index in [-0.39, 0.29) is 5.88 Å². The third-order valence-corrected chi connectivity index (χ3v) is 4.55. The van der Waals surface area contributed by atoms with Crippen molar-refractivity contribution in [2.45, 2.75) is 25.7 Å². The molecule has 0 bridgehead atoms. The number of likely N-dealkylation sites (tertiary alicyclic amines) is 1. The van der Waals surface area contributed by atoms with Crippen molar-refractivity contribution in [3.63, 3.8) is 0 Å². The molecular weight excluding hydrogens is 224 g/mol. The highest BCUT2D eigenvalue weighted by Crippen LogP contribution is 2.30. The highest BCUT2D eigenvalue weighted by molar-refractivity contribution is 7.79. The lowest BCUT2D eigenvalue weighted by Gasteiger charge is -2.37. The molecule has 1 atom stereocenters. The maximum absolute atomic E-state index is 10.6. The Hall–Kier alpha value is 0.0300. The molecule has 94 valence electrons. The van der Waals surface area contributed by atoms with Gasteiger partial charge in [-0.25, -0.2) is 0 Å². The van der Waals surface area contributed by atoms with Crippen LogP contribution in [0.4, 0.5) is 0 Å². The average Bonchev–Trinajstić information content (AvgIpc) is 2.30. The van der Waals surface area contributed by atoms with Gasteiger partial charge in [0.15, 0.2) is 0 Å². The minimum atomic E-state index is -1.91. The van der Waals surface area contributed by atoms with Gasteiger partial charge in [-0.3, -0.25) is 9.11 Å². The van der Waals surface area contributed by atoms with Gasteiger partial charge in [0.1, 0.15) is 0 Å². The fourth-order valence-corrected chi connectivity index (χ4v) is 3.57. The zero-order chi connectivity index (χ0) is 11.4. The van der Waals surface area contributed by atoms with Crippen molar-refractivity contribution in [3.8, 4) is 0 Å². The molecule has 0 spiro atoms. The van der Waals surface area contributed by atoms with Crippen molar-refractivity contribution in [2.24, 2.45) is 11.8 Å². The average molecular weight is 245 g/mol. The van der Waals surface area contributed by atoms with Crippen molar-refractivity contribution in [1.82, 2.24) is 10.2 Å². The van der Waals surface area contributed by atoms with Crippen LogP contribution in [0.2, 0.25) is 0 Å². The highest BCUT2D eigenvalue weighted by Gasteiger charge is 2.27. The van der Waals surface area contributed by atoms with E-state index < -0.39 is 11.1 Å². The van der Waals surface area contributed by atoms with Gasteiger partial charge in [0, 0.05) is 0 Å². The third-order valence-electron chi connectivity index (χ3n) is 3.97. The summed E-state index contributed by atoms with van der Waals surface area (Å²) in [5.41, 5.74) is 0. The lowest BCUT2D eigenvalue weighted by atomic mass is 9.79. The van der Waals surface area contributed by atoms with Crippen LogP contribution in [0.1, 0.15) is 25.7 Å². The summed E-state index contributed by atoms with van der Waals surface area (Å²) in [6.45, 7) is 4.25. The van der Waals surface area contributed by atoms with Gasteiger partial charge in [-0.15, -0.1) is 0 Å². The molecule has 0 aromatic rings. The maximum atomic E-state index is 10.6. The fourth-order valence-electron chi connectivity index (χ4n) is 3.02. The van der Waals surface area contributed by atoms with Crippen LogP contribution < -0.4 is 5.32 Å². The number of nitrogens with zero attached hydrogens (tertiary/aromatic N) is 1. The molecule has 2 rings (SSSR count). The van der Waals surface area contributed by atoms with Crippen LogP contribution in [-0.2, 0) is 11.1 Å². The molecule has 1 unspecified atom stereocenters. The van der Waals surface area contributed by atoms with Gasteiger partial charge < -0.3 is 9.87 Å². The maximum Gasteiger partial charge on any atom is 0.0613 e. The van der Waals surface area contributed by atoms with E-state index in [9.17, 15) is 8.76 Å². The summed E-state index contributed by atoms with van der Waals surface area (Å²) in [6.07, 6.45) is 4.97. The van der Waals surface area contributed by atoms with Gasteiger partial charge in [-0.1, -0.05) is 0 Å². The summed E-state index contributed by atoms with van der Waals surface area (Å²) in [7, 11) is 0. The summed E-state index contributed by atoms with van der Waals surface area (Å²) in [6, 6.07) is 0. The molecule has 4 nitrogen and oxygen atoms in total.